The Labute approximate surface area is 202 Å². The third-order valence-electron chi connectivity index (χ3n) is 5.13. The number of carboxylic acid groups (broad SMARTS) is 1. The number of rotatable bonds is 8. The van der Waals surface area contributed by atoms with Gasteiger partial charge in [-0.3, -0.25) is 9.69 Å². The Kier molecular flexibility index (Phi) is 7.44. The number of carbonyl (C=O) groups is 2. The van der Waals surface area contributed by atoms with Crippen LogP contribution in [0.15, 0.2) is 88.8 Å². The number of thioether (sulfide) groups is 1. The molecular formula is C27H24N2O4S. The van der Waals surface area contributed by atoms with Crippen LogP contribution in [0.1, 0.15) is 16.7 Å². The summed E-state index contributed by atoms with van der Waals surface area (Å²) >= 11 is 1.33. The molecule has 34 heavy (non-hydrogen) atoms. The molecule has 0 radical (unpaired) electrons. The van der Waals surface area contributed by atoms with Crippen LogP contribution in [0.3, 0.4) is 0 Å². The fraction of sp³-hybridized carbons (Fsp3) is 0.148. The van der Waals surface area contributed by atoms with E-state index in [1.165, 1.54) is 11.8 Å². The molecule has 3 aromatic carbocycles. The van der Waals surface area contributed by atoms with E-state index in [0.29, 0.717) is 28.8 Å². The molecule has 0 bridgehead atoms. The van der Waals surface area contributed by atoms with Gasteiger partial charge in [-0.1, -0.05) is 60.2 Å². The van der Waals surface area contributed by atoms with Gasteiger partial charge in [0.25, 0.3) is 5.91 Å². The van der Waals surface area contributed by atoms with E-state index in [4.69, 9.17) is 14.8 Å². The molecule has 1 heterocycles. The van der Waals surface area contributed by atoms with Crippen molar-refractivity contribution >= 4 is 40.6 Å². The standard InChI is InChI=1S/C27H24N2O4S/c1-19-10-12-22(13-11-19)28-27-29(15-14-20-6-3-2-4-7-20)26(32)24(34-27)17-21-8-5-9-23(16-21)33-18-25(30)31/h2-13,16-17H,14-15,18H2,1H3,(H,30,31)/b24-17+,28-27?. The number of aliphatic carboxylic acids is 1. The number of amides is 1. The molecule has 0 unspecified atom stereocenters. The summed E-state index contributed by atoms with van der Waals surface area (Å²) in [6.45, 7) is 2.11. The molecule has 1 aliphatic heterocycles. The second kappa shape index (κ2) is 10.9. The number of hydrogen-bond donors (Lipinski definition) is 1. The number of amidine groups is 1. The Morgan fingerprint density at radius 3 is 2.56 bits per heavy atom. The number of carboxylic acids is 1. The highest BCUT2D eigenvalue weighted by molar-refractivity contribution is 8.18. The molecule has 7 heteroatoms. The number of benzene rings is 3. The summed E-state index contributed by atoms with van der Waals surface area (Å²) in [7, 11) is 0. The van der Waals surface area contributed by atoms with Crippen molar-refractivity contribution in [2.75, 3.05) is 13.2 Å². The van der Waals surface area contributed by atoms with Gasteiger partial charge in [-0.05, 0) is 66.6 Å². The Morgan fingerprint density at radius 1 is 1.06 bits per heavy atom. The van der Waals surface area contributed by atoms with Crippen molar-refractivity contribution in [1.29, 1.82) is 0 Å². The molecule has 1 N–H and O–H groups in total. The first-order valence-electron chi connectivity index (χ1n) is 10.8. The second-order valence-corrected chi connectivity index (χ2v) is 8.80. The van der Waals surface area contributed by atoms with Crippen LogP contribution < -0.4 is 4.74 Å². The fourth-order valence-electron chi connectivity index (χ4n) is 3.39. The van der Waals surface area contributed by atoms with E-state index in [-0.39, 0.29) is 5.91 Å². The minimum absolute atomic E-state index is 0.108. The van der Waals surface area contributed by atoms with Gasteiger partial charge in [0.05, 0.1) is 10.6 Å². The lowest BCUT2D eigenvalue weighted by molar-refractivity contribution is -0.139. The molecule has 0 aliphatic carbocycles. The molecule has 0 saturated carbocycles. The predicted octanol–water partition coefficient (Wildman–Crippen LogP) is 5.31. The summed E-state index contributed by atoms with van der Waals surface area (Å²) in [6, 6.07) is 24.9. The van der Waals surface area contributed by atoms with Crippen molar-refractivity contribution in [3.63, 3.8) is 0 Å². The van der Waals surface area contributed by atoms with Crippen LogP contribution in [0.4, 0.5) is 5.69 Å². The average molecular weight is 473 g/mol. The number of ether oxygens (including phenoxy) is 1. The summed E-state index contributed by atoms with van der Waals surface area (Å²) in [5, 5.41) is 9.47. The van der Waals surface area contributed by atoms with Gasteiger partial charge in [-0.2, -0.15) is 0 Å². The summed E-state index contributed by atoms with van der Waals surface area (Å²) in [5.41, 5.74) is 3.83. The monoisotopic (exact) mass is 472 g/mol. The minimum Gasteiger partial charge on any atom is -0.482 e. The van der Waals surface area contributed by atoms with Gasteiger partial charge in [0, 0.05) is 6.54 Å². The zero-order valence-electron chi connectivity index (χ0n) is 18.7. The number of carbonyl (C=O) groups excluding carboxylic acids is 1. The third-order valence-corrected chi connectivity index (χ3v) is 6.14. The lowest BCUT2D eigenvalue weighted by Gasteiger charge is -2.15. The normalized spacial score (nSPS) is 15.8. The maximum absolute atomic E-state index is 13.3. The lowest BCUT2D eigenvalue weighted by Crippen LogP contribution is -2.31. The van der Waals surface area contributed by atoms with Gasteiger partial charge in [0.1, 0.15) is 5.75 Å². The van der Waals surface area contributed by atoms with E-state index >= 15 is 0 Å². The van der Waals surface area contributed by atoms with E-state index in [9.17, 15) is 9.59 Å². The highest BCUT2D eigenvalue weighted by Gasteiger charge is 2.33. The topological polar surface area (TPSA) is 79.2 Å². The maximum atomic E-state index is 13.3. The van der Waals surface area contributed by atoms with E-state index in [2.05, 4.69) is 0 Å². The first-order valence-corrected chi connectivity index (χ1v) is 11.6. The molecule has 0 spiro atoms. The molecular weight excluding hydrogens is 448 g/mol. The Morgan fingerprint density at radius 2 is 1.82 bits per heavy atom. The molecule has 6 nitrogen and oxygen atoms in total. The fourth-order valence-corrected chi connectivity index (χ4v) is 4.42. The highest BCUT2D eigenvalue weighted by Crippen LogP contribution is 2.34. The first-order chi connectivity index (χ1) is 16.5. The van der Waals surface area contributed by atoms with E-state index < -0.39 is 12.6 Å². The molecule has 172 valence electrons. The average Bonchev–Trinajstić information content (AvgIpc) is 3.12. The lowest BCUT2D eigenvalue weighted by atomic mass is 10.1. The highest BCUT2D eigenvalue weighted by atomic mass is 32.2. The second-order valence-electron chi connectivity index (χ2n) is 7.79. The molecule has 3 aromatic rings. The maximum Gasteiger partial charge on any atom is 0.341 e. The zero-order valence-corrected chi connectivity index (χ0v) is 19.5. The van der Waals surface area contributed by atoms with Crippen molar-refractivity contribution in [1.82, 2.24) is 4.90 Å². The minimum atomic E-state index is -1.05. The van der Waals surface area contributed by atoms with Crippen LogP contribution in [-0.4, -0.2) is 40.2 Å². The van der Waals surface area contributed by atoms with E-state index in [0.717, 1.165) is 22.4 Å². The van der Waals surface area contributed by atoms with Gasteiger partial charge >= 0.3 is 5.97 Å². The SMILES string of the molecule is Cc1ccc(N=C2S/C(=C/c3cccc(OCC(=O)O)c3)C(=O)N2CCc2ccccc2)cc1. The smallest absolute Gasteiger partial charge is 0.341 e. The zero-order chi connectivity index (χ0) is 23.9. The van der Waals surface area contributed by atoms with Crippen LogP contribution in [0.5, 0.6) is 5.75 Å². The number of aliphatic imine (C=N–C) groups is 1. The van der Waals surface area contributed by atoms with Gasteiger partial charge in [0.2, 0.25) is 0 Å². The van der Waals surface area contributed by atoms with Crippen molar-refractivity contribution < 1.29 is 19.4 Å². The van der Waals surface area contributed by atoms with Gasteiger partial charge in [-0.25, -0.2) is 9.79 Å². The van der Waals surface area contributed by atoms with Crippen molar-refractivity contribution in [3.05, 3.63) is 100 Å². The van der Waals surface area contributed by atoms with Crippen LogP contribution in [-0.2, 0) is 16.0 Å². The summed E-state index contributed by atoms with van der Waals surface area (Å²) in [5.74, 6) is -0.721. The van der Waals surface area contributed by atoms with Gasteiger partial charge < -0.3 is 9.84 Å². The van der Waals surface area contributed by atoms with Gasteiger partial charge in [0.15, 0.2) is 11.8 Å². The predicted molar refractivity (Wildman–Crippen MR) is 135 cm³/mol. The van der Waals surface area contributed by atoms with Crippen LogP contribution in [0.2, 0.25) is 0 Å². The Balaban J connectivity index is 1.60. The number of nitrogens with zero attached hydrogens (tertiary/aromatic N) is 2. The van der Waals surface area contributed by atoms with Crippen molar-refractivity contribution in [2.24, 2.45) is 4.99 Å². The van der Waals surface area contributed by atoms with Crippen LogP contribution in [0, 0.1) is 6.92 Å². The molecule has 4 rings (SSSR count). The van der Waals surface area contributed by atoms with E-state index in [1.807, 2.05) is 67.6 Å². The molecule has 1 saturated heterocycles. The number of aryl methyl sites for hydroxylation is 1. The number of hydrogen-bond acceptors (Lipinski definition) is 5. The third kappa shape index (κ3) is 6.14. The molecule has 1 amide bonds. The summed E-state index contributed by atoms with van der Waals surface area (Å²) in [6.07, 6.45) is 2.50. The quantitative estimate of drug-likeness (QED) is 0.450. The Bertz CT molecular complexity index is 1240. The molecule has 1 aliphatic rings. The Hall–Kier alpha value is -3.84. The largest absolute Gasteiger partial charge is 0.482 e. The van der Waals surface area contributed by atoms with Crippen LogP contribution >= 0.6 is 11.8 Å². The summed E-state index contributed by atoms with van der Waals surface area (Å²) < 4.78 is 5.26. The van der Waals surface area contributed by atoms with Crippen molar-refractivity contribution in [2.45, 2.75) is 13.3 Å². The summed E-state index contributed by atoms with van der Waals surface area (Å²) in [4.78, 5) is 31.1. The molecule has 0 aromatic heterocycles. The molecule has 0 atom stereocenters. The van der Waals surface area contributed by atoms with E-state index in [1.54, 1.807) is 29.2 Å². The van der Waals surface area contributed by atoms with Crippen molar-refractivity contribution in [3.8, 4) is 5.75 Å². The first kappa shape index (κ1) is 23.3. The molecule has 1 fully saturated rings. The van der Waals surface area contributed by atoms with Crippen LogP contribution in [0.25, 0.3) is 6.08 Å². The van der Waals surface area contributed by atoms with Gasteiger partial charge in [-0.15, -0.1) is 0 Å².